The Bertz CT molecular complexity index is 1480. The minimum atomic E-state index is -0.523. The highest BCUT2D eigenvalue weighted by Gasteiger charge is 2.27. The van der Waals surface area contributed by atoms with E-state index in [1.165, 1.54) is 18.0 Å². The Balaban J connectivity index is 1.57. The van der Waals surface area contributed by atoms with E-state index in [1.54, 1.807) is 24.3 Å². The molecule has 3 aromatic carbocycles. The Morgan fingerprint density at radius 2 is 1.65 bits per heavy atom. The Labute approximate surface area is 228 Å². The van der Waals surface area contributed by atoms with Crippen molar-refractivity contribution in [3.63, 3.8) is 0 Å². The fourth-order valence-corrected chi connectivity index (χ4v) is 5.31. The van der Waals surface area contributed by atoms with Gasteiger partial charge in [0.05, 0.1) is 23.0 Å². The lowest BCUT2D eigenvalue weighted by atomic mass is 10.0. The van der Waals surface area contributed by atoms with Gasteiger partial charge in [-0.25, -0.2) is 0 Å². The van der Waals surface area contributed by atoms with Gasteiger partial charge in [0.15, 0.2) is 16.7 Å². The molecule has 0 aliphatic heterocycles. The lowest BCUT2D eigenvalue weighted by Crippen LogP contribution is -2.31. The largest absolute Gasteiger partial charge is 0.459 e. The zero-order valence-corrected chi connectivity index (χ0v) is 21.9. The van der Waals surface area contributed by atoms with Gasteiger partial charge in [-0.3, -0.25) is 9.36 Å². The van der Waals surface area contributed by atoms with E-state index in [-0.39, 0.29) is 11.7 Å². The van der Waals surface area contributed by atoms with Gasteiger partial charge in [0.2, 0.25) is 0 Å². The van der Waals surface area contributed by atoms with Gasteiger partial charge >= 0.3 is 0 Å². The molecule has 5 aromatic rings. The van der Waals surface area contributed by atoms with Crippen molar-refractivity contribution in [1.29, 1.82) is 0 Å². The van der Waals surface area contributed by atoms with Crippen LogP contribution in [0.15, 0.2) is 107 Å². The molecule has 9 heteroatoms. The molecule has 0 saturated heterocycles. The highest BCUT2D eigenvalue weighted by atomic mass is 35.5. The Morgan fingerprint density at radius 1 is 0.919 bits per heavy atom. The molecule has 1 N–H and O–H groups in total. The number of halogens is 2. The van der Waals surface area contributed by atoms with Gasteiger partial charge in [0, 0.05) is 10.8 Å². The second kappa shape index (κ2) is 11.7. The minimum Gasteiger partial charge on any atom is -0.459 e. The number of hydrogen-bond donors (Lipinski definition) is 1. The lowest BCUT2D eigenvalue weighted by Gasteiger charge is -2.20. The van der Waals surface area contributed by atoms with E-state index in [4.69, 9.17) is 27.6 Å². The second-order valence-corrected chi connectivity index (χ2v) is 10.0. The molecular formula is C28H22Cl2N4O2S. The summed E-state index contributed by atoms with van der Waals surface area (Å²) in [4.78, 5) is 13.0. The van der Waals surface area contributed by atoms with Crippen LogP contribution in [-0.2, 0) is 12.2 Å². The summed E-state index contributed by atoms with van der Waals surface area (Å²) in [6, 6.07) is 28.1. The SMILES string of the molecule is O=C(NC(Cc1ccccc1)c1nnc(SCc2ccccc2)n1-c1ccc(Cl)cc1Cl)c1ccco1. The molecule has 37 heavy (non-hydrogen) atoms. The number of carbonyl (C=O) groups is 1. The molecule has 1 amide bonds. The number of amides is 1. The predicted octanol–water partition coefficient (Wildman–Crippen LogP) is 7.17. The smallest absolute Gasteiger partial charge is 0.287 e. The van der Waals surface area contributed by atoms with Crippen LogP contribution in [0.3, 0.4) is 0 Å². The number of hydrogen-bond acceptors (Lipinski definition) is 5. The number of aromatic nitrogens is 3. The van der Waals surface area contributed by atoms with Gasteiger partial charge in [-0.2, -0.15) is 0 Å². The molecule has 0 radical (unpaired) electrons. The molecule has 2 heterocycles. The van der Waals surface area contributed by atoms with E-state index in [9.17, 15) is 4.79 Å². The summed E-state index contributed by atoms with van der Waals surface area (Å²) < 4.78 is 7.22. The molecule has 2 aromatic heterocycles. The highest BCUT2D eigenvalue weighted by molar-refractivity contribution is 7.98. The maximum atomic E-state index is 13.0. The quantitative estimate of drug-likeness (QED) is 0.197. The maximum Gasteiger partial charge on any atom is 0.287 e. The topological polar surface area (TPSA) is 73.0 Å². The number of nitrogens with zero attached hydrogens (tertiary/aromatic N) is 3. The van der Waals surface area contributed by atoms with Gasteiger partial charge in [0.25, 0.3) is 5.91 Å². The van der Waals surface area contributed by atoms with Crippen LogP contribution in [0.5, 0.6) is 0 Å². The molecule has 0 spiro atoms. The van der Waals surface area contributed by atoms with Gasteiger partial charge < -0.3 is 9.73 Å². The number of benzene rings is 3. The average Bonchev–Trinajstić information content (AvgIpc) is 3.59. The first-order chi connectivity index (χ1) is 18.1. The third kappa shape index (κ3) is 6.07. The molecule has 1 unspecified atom stereocenters. The zero-order valence-electron chi connectivity index (χ0n) is 19.6. The van der Waals surface area contributed by atoms with E-state index in [2.05, 4.69) is 27.6 Å². The maximum absolute atomic E-state index is 13.0. The lowest BCUT2D eigenvalue weighted by molar-refractivity contribution is 0.0906. The summed E-state index contributed by atoms with van der Waals surface area (Å²) in [5, 5.41) is 13.8. The summed E-state index contributed by atoms with van der Waals surface area (Å²) in [5.41, 5.74) is 2.85. The standard InChI is InChI=1S/C28H22Cl2N4O2S/c29-21-13-14-24(22(30)17-21)34-26(32-33-28(34)37-18-20-10-5-2-6-11-20)23(16-19-8-3-1-4-9-19)31-27(35)25-12-7-15-36-25/h1-15,17,23H,16,18H2,(H,31,35). The van der Waals surface area contributed by atoms with E-state index in [1.807, 2.05) is 59.2 Å². The van der Waals surface area contributed by atoms with Crippen molar-refractivity contribution in [1.82, 2.24) is 20.1 Å². The molecule has 0 fully saturated rings. The van der Waals surface area contributed by atoms with Crippen molar-refractivity contribution in [2.75, 3.05) is 0 Å². The zero-order chi connectivity index (χ0) is 25.6. The molecule has 6 nitrogen and oxygen atoms in total. The predicted molar refractivity (Wildman–Crippen MR) is 146 cm³/mol. The highest BCUT2D eigenvalue weighted by Crippen LogP contribution is 2.33. The molecular weight excluding hydrogens is 527 g/mol. The van der Waals surface area contributed by atoms with Crippen molar-refractivity contribution >= 4 is 40.9 Å². The van der Waals surface area contributed by atoms with Gasteiger partial charge in [0.1, 0.15) is 0 Å². The summed E-state index contributed by atoms with van der Waals surface area (Å²) in [6.07, 6.45) is 1.95. The number of nitrogens with one attached hydrogen (secondary N) is 1. The van der Waals surface area contributed by atoms with E-state index < -0.39 is 6.04 Å². The van der Waals surface area contributed by atoms with Crippen LogP contribution in [0.1, 0.15) is 33.5 Å². The van der Waals surface area contributed by atoms with Crippen molar-refractivity contribution in [2.45, 2.75) is 23.4 Å². The molecule has 5 rings (SSSR count). The monoisotopic (exact) mass is 548 g/mol. The van der Waals surface area contributed by atoms with Crippen molar-refractivity contribution < 1.29 is 9.21 Å². The molecule has 186 valence electrons. The Kier molecular flexibility index (Phi) is 7.94. The van der Waals surface area contributed by atoms with Gasteiger partial charge in [-0.1, -0.05) is 95.6 Å². The first-order valence-corrected chi connectivity index (χ1v) is 13.3. The van der Waals surface area contributed by atoms with Crippen LogP contribution in [0.25, 0.3) is 5.69 Å². The Morgan fingerprint density at radius 3 is 2.32 bits per heavy atom. The van der Waals surface area contributed by atoms with E-state index in [0.29, 0.717) is 38.9 Å². The molecule has 0 aliphatic rings. The fraction of sp³-hybridized carbons (Fsp3) is 0.107. The van der Waals surface area contributed by atoms with Crippen LogP contribution in [0.4, 0.5) is 0 Å². The van der Waals surface area contributed by atoms with Gasteiger partial charge in [-0.05, 0) is 47.9 Å². The normalized spacial score (nSPS) is 11.8. The Hall–Kier alpha value is -3.52. The van der Waals surface area contributed by atoms with Gasteiger partial charge in [-0.15, -0.1) is 10.2 Å². The van der Waals surface area contributed by atoms with Crippen LogP contribution in [-0.4, -0.2) is 20.7 Å². The van der Waals surface area contributed by atoms with E-state index >= 15 is 0 Å². The first kappa shape index (κ1) is 25.1. The third-order valence-electron chi connectivity index (χ3n) is 5.66. The minimum absolute atomic E-state index is 0.215. The van der Waals surface area contributed by atoms with Crippen LogP contribution in [0, 0.1) is 0 Å². The van der Waals surface area contributed by atoms with Crippen molar-refractivity contribution in [3.8, 4) is 5.69 Å². The number of rotatable bonds is 9. The molecule has 0 aliphatic carbocycles. The molecule has 0 bridgehead atoms. The summed E-state index contributed by atoms with van der Waals surface area (Å²) in [6.45, 7) is 0. The number of carbonyl (C=O) groups excluding carboxylic acids is 1. The van der Waals surface area contributed by atoms with Crippen molar-refractivity contribution in [3.05, 3.63) is 130 Å². The number of furan rings is 1. The summed E-state index contributed by atoms with van der Waals surface area (Å²) >= 11 is 14.4. The number of thioether (sulfide) groups is 1. The summed E-state index contributed by atoms with van der Waals surface area (Å²) in [7, 11) is 0. The van der Waals surface area contributed by atoms with Crippen molar-refractivity contribution in [2.24, 2.45) is 0 Å². The molecule has 0 saturated carbocycles. The average molecular weight is 549 g/mol. The second-order valence-electron chi connectivity index (χ2n) is 8.24. The van der Waals surface area contributed by atoms with E-state index in [0.717, 1.165) is 11.1 Å². The third-order valence-corrected chi connectivity index (χ3v) is 7.20. The molecule has 1 atom stereocenters. The van der Waals surface area contributed by atoms with Crippen LogP contribution in [0.2, 0.25) is 10.0 Å². The first-order valence-electron chi connectivity index (χ1n) is 11.5. The summed E-state index contributed by atoms with van der Waals surface area (Å²) in [5.74, 6) is 1.10. The fourth-order valence-electron chi connectivity index (χ4n) is 3.91. The van der Waals surface area contributed by atoms with Crippen LogP contribution < -0.4 is 5.32 Å². The van der Waals surface area contributed by atoms with Crippen LogP contribution >= 0.6 is 35.0 Å².